The molecule has 0 bridgehead atoms. The van der Waals surface area contributed by atoms with E-state index < -0.39 is 0 Å². The summed E-state index contributed by atoms with van der Waals surface area (Å²) in [6.45, 7) is 3.02. The minimum Gasteiger partial charge on any atom is -0.367 e. The molecule has 1 unspecified atom stereocenters. The third-order valence-electron chi connectivity index (χ3n) is 5.19. The predicted octanol–water partition coefficient (Wildman–Crippen LogP) is 4.17. The van der Waals surface area contributed by atoms with Crippen LogP contribution in [0.25, 0.3) is 0 Å². The van der Waals surface area contributed by atoms with Crippen LogP contribution >= 0.6 is 24.8 Å². The van der Waals surface area contributed by atoms with Crippen molar-refractivity contribution in [2.75, 3.05) is 23.3 Å². The van der Waals surface area contributed by atoms with E-state index in [1.165, 1.54) is 23.2 Å². The van der Waals surface area contributed by atoms with E-state index >= 15 is 0 Å². The largest absolute Gasteiger partial charge is 0.367 e. The maximum atomic E-state index is 12.1. The highest BCUT2D eigenvalue weighted by atomic mass is 35.5. The summed E-state index contributed by atoms with van der Waals surface area (Å²) in [5.41, 5.74) is 4.94. The Balaban J connectivity index is 0.00000131. The Morgan fingerprint density at radius 3 is 2.63 bits per heavy atom. The average molecular weight is 408 g/mol. The Morgan fingerprint density at radius 1 is 1.11 bits per heavy atom. The molecule has 0 aromatic heterocycles. The maximum Gasteiger partial charge on any atom is 0.225 e. The number of carbonyl (C=O) groups is 1. The van der Waals surface area contributed by atoms with E-state index in [0.29, 0.717) is 12.5 Å². The summed E-state index contributed by atoms with van der Waals surface area (Å²) in [4.78, 5) is 14.5. The van der Waals surface area contributed by atoms with Gasteiger partial charge in [0.05, 0.1) is 0 Å². The van der Waals surface area contributed by atoms with Crippen LogP contribution in [0, 0.1) is 0 Å². The highest BCUT2D eigenvalue weighted by Crippen LogP contribution is 2.29. The molecule has 2 aromatic rings. The molecule has 1 atom stereocenters. The summed E-state index contributed by atoms with van der Waals surface area (Å²) in [5.74, 6) is 0.0978. The molecule has 1 amide bonds. The van der Waals surface area contributed by atoms with Gasteiger partial charge in [0.25, 0.3) is 0 Å². The smallest absolute Gasteiger partial charge is 0.225 e. The van der Waals surface area contributed by atoms with Crippen molar-refractivity contribution in [1.29, 1.82) is 0 Å². The van der Waals surface area contributed by atoms with Crippen molar-refractivity contribution in [3.8, 4) is 0 Å². The van der Waals surface area contributed by atoms with Crippen molar-refractivity contribution in [2.24, 2.45) is 0 Å². The quantitative estimate of drug-likeness (QED) is 0.781. The molecule has 2 N–H and O–H groups in total. The maximum absolute atomic E-state index is 12.1. The number of hydrogen-bond acceptors (Lipinski definition) is 3. The second-order valence-corrected chi connectivity index (χ2v) is 7.04. The van der Waals surface area contributed by atoms with Crippen LogP contribution in [-0.2, 0) is 17.8 Å². The molecule has 2 aromatic carbocycles. The van der Waals surface area contributed by atoms with Gasteiger partial charge in [-0.1, -0.05) is 30.3 Å². The fourth-order valence-corrected chi connectivity index (χ4v) is 3.85. The van der Waals surface area contributed by atoms with Crippen LogP contribution in [0.15, 0.2) is 48.5 Å². The van der Waals surface area contributed by atoms with Gasteiger partial charge in [-0.2, -0.15) is 0 Å². The van der Waals surface area contributed by atoms with Crippen LogP contribution in [0.2, 0.25) is 0 Å². The van der Waals surface area contributed by atoms with Crippen molar-refractivity contribution in [2.45, 2.75) is 38.3 Å². The van der Waals surface area contributed by atoms with Gasteiger partial charge >= 0.3 is 0 Å². The lowest BCUT2D eigenvalue weighted by molar-refractivity contribution is -0.116. The third kappa shape index (κ3) is 5.38. The zero-order chi connectivity index (χ0) is 17.1. The van der Waals surface area contributed by atoms with Crippen LogP contribution in [-0.4, -0.2) is 25.0 Å². The third-order valence-corrected chi connectivity index (χ3v) is 5.19. The monoisotopic (exact) mass is 407 g/mol. The van der Waals surface area contributed by atoms with Gasteiger partial charge in [-0.05, 0) is 55.1 Å². The van der Waals surface area contributed by atoms with Gasteiger partial charge in [0.1, 0.15) is 0 Å². The molecule has 4 rings (SSSR count). The molecule has 4 nitrogen and oxygen atoms in total. The van der Waals surface area contributed by atoms with E-state index in [2.05, 4.69) is 51.9 Å². The summed E-state index contributed by atoms with van der Waals surface area (Å²) >= 11 is 0. The fraction of sp³-hybridized carbons (Fsp3) is 0.381. The highest BCUT2D eigenvalue weighted by molar-refractivity contribution is 5.91. The molecule has 2 aliphatic heterocycles. The SMILES string of the molecule is Cl.Cl.O=C(CC1CCCN1)Nc1ccc(CN2CCc3ccccc32)cc1. The number of nitrogens with one attached hydrogen (secondary N) is 2. The highest BCUT2D eigenvalue weighted by Gasteiger charge is 2.19. The van der Waals surface area contributed by atoms with E-state index in [0.717, 1.165) is 38.2 Å². The molecule has 0 aliphatic carbocycles. The first kappa shape index (κ1) is 21.5. The number of hydrogen-bond donors (Lipinski definition) is 2. The minimum atomic E-state index is 0. The molecular weight excluding hydrogens is 381 g/mol. The second-order valence-electron chi connectivity index (χ2n) is 7.04. The Bertz CT molecular complexity index is 745. The Hall–Kier alpha value is -1.75. The van der Waals surface area contributed by atoms with Crippen LogP contribution in [0.4, 0.5) is 11.4 Å². The second kappa shape index (κ2) is 9.98. The Kier molecular flexibility index (Phi) is 7.96. The molecule has 1 saturated heterocycles. The van der Waals surface area contributed by atoms with Gasteiger partial charge < -0.3 is 15.5 Å². The summed E-state index contributed by atoms with van der Waals surface area (Å²) in [5, 5.41) is 6.38. The fourth-order valence-electron chi connectivity index (χ4n) is 3.85. The molecule has 2 aliphatic rings. The Morgan fingerprint density at radius 2 is 1.89 bits per heavy atom. The van der Waals surface area contributed by atoms with E-state index in [4.69, 9.17) is 0 Å². The number of halogens is 2. The van der Waals surface area contributed by atoms with Gasteiger partial charge in [-0.15, -0.1) is 24.8 Å². The van der Waals surface area contributed by atoms with E-state index in [9.17, 15) is 4.79 Å². The van der Waals surface area contributed by atoms with Crippen LogP contribution in [0.3, 0.4) is 0 Å². The lowest BCUT2D eigenvalue weighted by Crippen LogP contribution is -2.27. The summed E-state index contributed by atoms with van der Waals surface area (Å²) in [7, 11) is 0. The van der Waals surface area contributed by atoms with Crippen LogP contribution < -0.4 is 15.5 Å². The lowest BCUT2D eigenvalue weighted by Gasteiger charge is -2.19. The number of rotatable bonds is 5. The summed E-state index contributed by atoms with van der Waals surface area (Å²) < 4.78 is 0. The van der Waals surface area contributed by atoms with Gasteiger partial charge in [-0.25, -0.2) is 0 Å². The van der Waals surface area contributed by atoms with Crippen molar-refractivity contribution in [3.05, 3.63) is 59.7 Å². The minimum absolute atomic E-state index is 0. The standard InChI is InChI=1S/C21H25N3O.2ClH/c25-21(14-19-5-3-12-22-19)23-18-9-7-16(8-10-18)15-24-13-11-17-4-1-2-6-20(17)24;;/h1-2,4,6-10,19,22H,3,5,11-15H2,(H,23,25);2*1H. The molecule has 6 heteroatoms. The number of nitrogens with zero attached hydrogens (tertiary/aromatic N) is 1. The first-order chi connectivity index (χ1) is 12.3. The lowest BCUT2D eigenvalue weighted by atomic mass is 10.1. The van der Waals surface area contributed by atoms with Crippen molar-refractivity contribution in [3.63, 3.8) is 0 Å². The normalized spacial score (nSPS) is 17.6. The van der Waals surface area contributed by atoms with Gasteiger partial charge in [0.2, 0.25) is 5.91 Å². The summed E-state index contributed by atoms with van der Waals surface area (Å²) in [6.07, 6.45) is 3.96. The van der Waals surface area contributed by atoms with E-state index in [1.807, 2.05) is 12.1 Å². The first-order valence-electron chi connectivity index (χ1n) is 9.23. The first-order valence-corrected chi connectivity index (χ1v) is 9.23. The van der Waals surface area contributed by atoms with Gasteiger partial charge in [0.15, 0.2) is 0 Å². The molecule has 1 fully saturated rings. The molecular formula is C21H27Cl2N3O. The Labute approximate surface area is 173 Å². The summed E-state index contributed by atoms with van der Waals surface area (Å²) in [6, 6.07) is 17.2. The zero-order valence-electron chi connectivity index (χ0n) is 15.3. The average Bonchev–Trinajstić information content (AvgIpc) is 3.27. The number of fused-ring (bicyclic) bond motifs is 1. The van der Waals surface area contributed by atoms with Crippen LogP contribution in [0.5, 0.6) is 0 Å². The van der Waals surface area contributed by atoms with Gasteiger partial charge in [-0.3, -0.25) is 4.79 Å². The van der Waals surface area contributed by atoms with Crippen molar-refractivity contribution >= 4 is 42.1 Å². The molecule has 146 valence electrons. The van der Waals surface area contributed by atoms with Gasteiger partial charge in [0, 0.05) is 36.9 Å². The molecule has 0 radical (unpaired) electrons. The van der Waals surface area contributed by atoms with E-state index in [1.54, 1.807) is 0 Å². The number of carbonyl (C=O) groups excluding carboxylic acids is 1. The van der Waals surface area contributed by atoms with Crippen molar-refractivity contribution in [1.82, 2.24) is 5.32 Å². The number of anilines is 2. The number of benzene rings is 2. The number of para-hydroxylation sites is 1. The molecule has 2 heterocycles. The van der Waals surface area contributed by atoms with E-state index in [-0.39, 0.29) is 30.7 Å². The molecule has 27 heavy (non-hydrogen) atoms. The van der Waals surface area contributed by atoms with Crippen LogP contribution in [0.1, 0.15) is 30.4 Å². The molecule has 0 spiro atoms. The number of amides is 1. The predicted molar refractivity (Wildman–Crippen MR) is 116 cm³/mol. The topological polar surface area (TPSA) is 44.4 Å². The van der Waals surface area contributed by atoms with Crippen molar-refractivity contribution < 1.29 is 4.79 Å². The zero-order valence-corrected chi connectivity index (χ0v) is 17.0. The molecule has 0 saturated carbocycles.